The molecule has 0 N–H and O–H groups in total. The molecule has 3 aromatic heterocycles. The van der Waals surface area contributed by atoms with Crippen molar-refractivity contribution in [1.29, 1.82) is 15.8 Å². The summed E-state index contributed by atoms with van der Waals surface area (Å²) in [5.41, 5.74) is 19.2. The van der Waals surface area contributed by atoms with Crippen LogP contribution in [0.25, 0.3) is 123 Å². The first-order valence-electron chi connectivity index (χ1n) is 30.2. The minimum Gasteiger partial charge on any atom is -0.309 e. The topological polar surface area (TPSA) is 120 Å². The SMILES string of the molecule is CCCCc1ccc2c(c1)c1cc(I)ccc1n2-c1ccc(-c2nc(-c3ccccc3-c3cccc(C#N)c3)nc(-c3ccc(-n4c5ccc(CCCC)cc5c5cc(CCCC)ccc54)cc3-c3cccc(C#N)c3)n2)c(-c2cccc(C#N)c2)c1. The molecule has 0 bridgehead atoms. The number of nitriles is 3. The number of aromatic nitrogens is 5. The van der Waals surface area contributed by atoms with E-state index < -0.39 is 0 Å². The Kier molecular flexibility index (Phi) is 15.8. The van der Waals surface area contributed by atoms with Gasteiger partial charge in [-0.25, -0.2) is 15.0 Å². The first kappa shape index (κ1) is 56.2. The van der Waals surface area contributed by atoms with Crippen LogP contribution >= 0.6 is 22.6 Å². The highest BCUT2D eigenvalue weighted by atomic mass is 127. The van der Waals surface area contributed by atoms with Crippen molar-refractivity contribution < 1.29 is 0 Å². The van der Waals surface area contributed by atoms with Crippen molar-refractivity contribution in [1.82, 2.24) is 24.1 Å². The van der Waals surface area contributed by atoms with Crippen LogP contribution in [0.4, 0.5) is 0 Å². The van der Waals surface area contributed by atoms with Gasteiger partial charge in [-0.15, -0.1) is 0 Å². The Labute approximate surface area is 521 Å². The number of fused-ring (bicyclic) bond motifs is 6. The van der Waals surface area contributed by atoms with Crippen molar-refractivity contribution in [3.63, 3.8) is 0 Å². The quantitative estimate of drug-likeness (QED) is 0.0838. The van der Waals surface area contributed by atoms with Crippen LogP contribution < -0.4 is 0 Å². The van der Waals surface area contributed by atoms with Crippen LogP contribution in [0.1, 0.15) is 92.7 Å². The molecule has 0 amide bonds. The van der Waals surface area contributed by atoms with E-state index in [4.69, 9.17) is 15.0 Å². The molecule has 13 rings (SSSR count). The van der Waals surface area contributed by atoms with Crippen molar-refractivity contribution >= 4 is 66.2 Å². The zero-order valence-electron chi connectivity index (χ0n) is 48.9. The average Bonchev–Trinajstić information content (AvgIpc) is 1.73. The van der Waals surface area contributed by atoms with Gasteiger partial charge in [0, 0.05) is 53.2 Å². The molecular formula is C78H61IN8. The van der Waals surface area contributed by atoms with Crippen LogP contribution in [-0.2, 0) is 19.3 Å². The lowest BCUT2D eigenvalue weighted by Gasteiger charge is -2.18. The Balaban J connectivity index is 1.07. The molecule has 87 heavy (non-hydrogen) atoms. The average molecular weight is 1240 g/mol. The molecule has 8 nitrogen and oxygen atoms in total. The second-order valence-corrected chi connectivity index (χ2v) is 23.8. The van der Waals surface area contributed by atoms with Crippen molar-refractivity contribution in [2.75, 3.05) is 0 Å². The molecule has 0 aliphatic rings. The van der Waals surface area contributed by atoms with Crippen LogP contribution in [0.3, 0.4) is 0 Å². The number of hydrogen-bond donors (Lipinski definition) is 0. The number of halogens is 1. The van der Waals surface area contributed by atoms with Crippen molar-refractivity contribution in [2.24, 2.45) is 0 Å². The summed E-state index contributed by atoms with van der Waals surface area (Å²) in [4.78, 5) is 16.6. The van der Waals surface area contributed by atoms with Gasteiger partial charge in [0.25, 0.3) is 0 Å². The number of rotatable bonds is 17. The molecule has 0 radical (unpaired) electrons. The second kappa shape index (κ2) is 24.5. The maximum absolute atomic E-state index is 10.4. The summed E-state index contributed by atoms with van der Waals surface area (Å²) in [7, 11) is 0. The third kappa shape index (κ3) is 10.9. The third-order valence-corrected chi connectivity index (χ3v) is 17.5. The standard InChI is InChI=1S/C78H61IN8/c1-4-7-15-50-26-34-72-68(41-50)69-42-51(16-8-5-2)27-35-73(69)86(72)60-30-32-64(66(45-60)57-22-13-19-54(39-57)48-81)77-83-76(63-25-11-10-24-62(63)56-21-12-18-53(38-56)47-80)84-78(85-77)65-33-31-61(46-67(65)58-23-14-20-55(40-58)49-82)87-74-36-28-52(17-9-6-3)43-70(74)71-44-59(79)29-37-75(71)87/h10-14,18-46H,4-9,15-17H2,1-3H3. The fourth-order valence-corrected chi connectivity index (χ4v) is 13.0. The van der Waals surface area contributed by atoms with Gasteiger partial charge in [-0.05, 0) is 239 Å². The van der Waals surface area contributed by atoms with Crippen molar-refractivity contribution in [2.45, 2.75) is 78.6 Å². The predicted molar refractivity (Wildman–Crippen MR) is 364 cm³/mol. The predicted octanol–water partition coefficient (Wildman–Crippen LogP) is 20.3. The molecule has 0 fully saturated rings. The summed E-state index contributed by atoms with van der Waals surface area (Å²) in [5, 5.41) is 35.8. The van der Waals surface area contributed by atoms with E-state index in [1.165, 1.54) is 38.2 Å². The summed E-state index contributed by atoms with van der Waals surface area (Å²) in [6.07, 6.45) is 9.82. The molecule has 3 heterocycles. The molecule has 0 saturated carbocycles. The lowest BCUT2D eigenvalue weighted by Crippen LogP contribution is -2.04. The van der Waals surface area contributed by atoms with Gasteiger partial charge < -0.3 is 9.13 Å². The maximum atomic E-state index is 10.4. The van der Waals surface area contributed by atoms with Gasteiger partial charge in [0.05, 0.1) is 57.0 Å². The fourth-order valence-electron chi connectivity index (χ4n) is 12.5. The van der Waals surface area contributed by atoms with E-state index in [0.29, 0.717) is 34.2 Å². The molecular weight excluding hydrogens is 1180 g/mol. The monoisotopic (exact) mass is 1240 g/mol. The van der Waals surface area contributed by atoms with Crippen LogP contribution in [0, 0.1) is 37.6 Å². The summed E-state index contributed by atoms with van der Waals surface area (Å²) < 4.78 is 5.89. The Morgan fingerprint density at radius 2 is 0.701 bits per heavy atom. The van der Waals surface area contributed by atoms with E-state index in [1.807, 2.05) is 91.0 Å². The lowest BCUT2D eigenvalue weighted by atomic mass is 9.95. The van der Waals surface area contributed by atoms with Gasteiger partial charge in [0.15, 0.2) is 17.5 Å². The number of unbranched alkanes of at least 4 members (excludes halogenated alkanes) is 3. The minimum absolute atomic E-state index is 0.429. The van der Waals surface area contributed by atoms with Gasteiger partial charge >= 0.3 is 0 Å². The Bertz CT molecular complexity index is 4900. The molecule has 0 atom stereocenters. The van der Waals surface area contributed by atoms with Gasteiger partial charge in [-0.2, -0.15) is 15.8 Å². The fraction of sp³-hybridized carbons (Fsp3) is 0.154. The number of benzene rings is 10. The van der Waals surface area contributed by atoms with Crippen LogP contribution in [0.2, 0.25) is 0 Å². The number of hydrogen-bond acceptors (Lipinski definition) is 6. The summed E-state index contributed by atoms with van der Waals surface area (Å²) in [6.45, 7) is 6.72. The Hall–Kier alpha value is -9.99. The molecule has 0 saturated heterocycles. The number of nitrogens with zero attached hydrogens (tertiary/aromatic N) is 8. The second-order valence-electron chi connectivity index (χ2n) is 22.6. The van der Waals surface area contributed by atoms with Crippen molar-refractivity contribution in [3.8, 4) is 97.1 Å². The van der Waals surface area contributed by atoms with E-state index in [1.54, 1.807) is 0 Å². The molecule has 13 aromatic rings. The summed E-state index contributed by atoms with van der Waals surface area (Å²) in [5.74, 6) is 1.29. The van der Waals surface area contributed by atoms with E-state index in [9.17, 15) is 15.8 Å². The lowest BCUT2D eigenvalue weighted by molar-refractivity contribution is 0.795. The molecule has 420 valence electrons. The molecule has 0 aliphatic carbocycles. The molecule has 0 aliphatic heterocycles. The summed E-state index contributed by atoms with van der Waals surface area (Å²) >= 11 is 2.41. The van der Waals surface area contributed by atoms with Crippen molar-refractivity contribution in [3.05, 3.63) is 243 Å². The maximum Gasteiger partial charge on any atom is 0.164 e. The largest absolute Gasteiger partial charge is 0.309 e. The van der Waals surface area contributed by atoms with Crippen LogP contribution in [0.5, 0.6) is 0 Å². The highest BCUT2D eigenvalue weighted by Gasteiger charge is 2.24. The highest BCUT2D eigenvalue weighted by molar-refractivity contribution is 14.1. The molecule has 0 unspecified atom stereocenters. The van der Waals surface area contributed by atoms with Gasteiger partial charge in [0.2, 0.25) is 0 Å². The van der Waals surface area contributed by atoms with E-state index in [-0.39, 0.29) is 0 Å². The smallest absolute Gasteiger partial charge is 0.164 e. The van der Waals surface area contributed by atoms with Gasteiger partial charge in [-0.3, -0.25) is 0 Å². The molecule has 0 spiro atoms. The number of aryl methyl sites for hydroxylation is 3. The zero-order valence-corrected chi connectivity index (χ0v) is 51.1. The third-order valence-electron chi connectivity index (χ3n) is 16.9. The molecule has 9 heteroatoms. The highest BCUT2D eigenvalue weighted by Crippen LogP contribution is 2.43. The van der Waals surface area contributed by atoms with E-state index in [2.05, 4.69) is 186 Å². The van der Waals surface area contributed by atoms with Gasteiger partial charge in [0.1, 0.15) is 0 Å². The van der Waals surface area contributed by atoms with E-state index >= 15 is 0 Å². The van der Waals surface area contributed by atoms with E-state index in [0.717, 1.165) is 145 Å². The normalized spacial score (nSPS) is 11.4. The van der Waals surface area contributed by atoms with Gasteiger partial charge in [-0.1, -0.05) is 119 Å². The Morgan fingerprint density at radius 1 is 0.345 bits per heavy atom. The minimum atomic E-state index is 0.429. The Morgan fingerprint density at radius 3 is 1.09 bits per heavy atom. The summed E-state index contributed by atoms with van der Waals surface area (Å²) in [6, 6.07) is 78.7. The first-order valence-corrected chi connectivity index (χ1v) is 31.3. The van der Waals surface area contributed by atoms with Crippen LogP contribution in [-0.4, -0.2) is 24.1 Å². The molecule has 10 aromatic carbocycles. The zero-order chi connectivity index (χ0) is 59.5. The van der Waals surface area contributed by atoms with Crippen LogP contribution in [0.15, 0.2) is 206 Å². The first-order chi connectivity index (χ1) is 42.7.